The second kappa shape index (κ2) is 8.10. The van der Waals surface area contributed by atoms with Crippen LogP contribution in [-0.4, -0.2) is 38.2 Å². The fourth-order valence-electron chi connectivity index (χ4n) is 2.93. The lowest BCUT2D eigenvalue weighted by atomic mass is 10.2. The van der Waals surface area contributed by atoms with Crippen molar-refractivity contribution < 1.29 is 14.3 Å². The third-order valence-electron chi connectivity index (χ3n) is 4.47. The van der Waals surface area contributed by atoms with E-state index in [4.69, 9.17) is 9.47 Å². The average Bonchev–Trinajstić information content (AvgIpc) is 2.74. The maximum atomic E-state index is 12.5. The Morgan fingerprint density at radius 3 is 2.28 bits per heavy atom. The lowest BCUT2D eigenvalue weighted by molar-refractivity contribution is 0.102. The minimum Gasteiger partial charge on any atom is -0.486 e. The van der Waals surface area contributed by atoms with Gasteiger partial charge in [0, 0.05) is 37.2 Å². The lowest BCUT2D eigenvalue weighted by Crippen LogP contribution is -2.17. The number of carbonyl (C=O) groups is 1. The molecule has 4 rings (SSSR count). The molecule has 1 aliphatic rings. The first kappa shape index (κ1) is 18.6. The van der Waals surface area contributed by atoms with Crippen LogP contribution >= 0.6 is 0 Å². The van der Waals surface area contributed by atoms with Gasteiger partial charge < -0.3 is 25.0 Å². The van der Waals surface area contributed by atoms with Crippen LogP contribution in [0.15, 0.2) is 60.8 Å². The zero-order valence-electron chi connectivity index (χ0n) is 16.3. The highest BCUT2D eigenvalue weighted by Gasteiger charge is 2.14. The molecule has 3 aromatic rings. The molecular weight excluding hydrogens is 368 g/mol. The number of fused-ring (bicyclic) bond motifs is 1. The molecule has 0 saturated heterocycles. The zero-order chi connectivity index (χ0) is 20.2. The van der Waals surface area contributed by atoms with E-state index in [0.29, 0.717) is 36.1 Å². The van der Waals surface area contributed by atoms with Crippen molar-refractivity contribution in [1.82, 2.24) is 4.98 Å². The van der Waals surface area contributed by atoms with Gasteiger partial charge in [-0.1, -0.05) is 0 Å². The molecule has 0 atom stereocenters. The predicted molar refractivity (Wildman–Crippen MR) is 114 cm³/mol. The number of rotatable bonds is 5. The third kappa shape index (κ3) is 4.40. The molecule has 2 aromatic carbocycles. The number of carbonyl (C=O) groups excluding carboxylic acids is 1. The van der Waals surface area contributed by atoms with E-state index < -0.39 is 0 Å². The topological polar surface area (TPSA) is 75.7 Å². The lowest BCUT2D eigenvalue weighted by Gasteiger charge is -2.19. The molecule has 1 aliphatic heterocycles. The highest BCUT2D eigenvalue weighted by atomic mass is 16.6. The molecule has 1 amide bonds. The number of nitrogens with zero attached hydrogens (tertiary/aromatic N) is 2. The summed E-state index contributed by atoms with van der Waals surface area (Å²) < 4.78 is 11.0. The van der Waals surface area contributed by atoms with Crippen molar-refractivity contribution in [3.8, 4) is 11.5 Å². The normalized spacial score (nSPS) is 12.2. The molecule has 0 radical (unpaired) electrons. The summed E-state index contributed by atoms with van der Waals surface area (Å²) in [6.45, 7) is 1.03. The minimum atomic E-state index is -0.288. The highest BCUT2D eigenvalue weighted by molar-refractivity contribution is 6.03. The zero-order valence-corrected chi connectivity index (χ0v) is 16.3. The summed E-state index contributed by atoms with van der Waals surface area (Å²) in [6.07, 6.45) is 1.64. The Bertz CT molecular complexity index is 1000. The molecular formula is C22H22N4O3. The number of hydrogen-bond acceptors (Lipinski definition) is 6. The Balaban J connectivity index is 1.40. The van der Waals surface area contributed by atoms with Crippen LogP contribution in [0, 0.1) is 0 Å². The molecule has 7 nitrogen and oxygen atoms in total. The Kier molecular flexibility index (Phi) is 5.20. The van der Waals surface area contributed by atoms with Crippen LogP contribution in [0.5, 0.6) is 11.5 Å². The summed E-state index contributed by atoms with van der Waals surface area (Å²) in [5.41, 5.74) is 3.84. The number of aromatic nitrogens is 1. The van der Waals surface area contributed by atoms with E-state index in [2.05, 4.69) is 15.6 Å². The molecule has 0 spiro atoms. The van der Waals surface area contributed by atoms with Gasteiger partial charge in [0.2, 0.25) is 0 Å². The molecule has 0 aliphatic carbocycles. The Morgan fingerprint density at radius 1 is 0.897 bits per heavy atom. The van der Waals surface area contributed by atoms with Crippen molar-refractivity contribution in [2.45, 2.75) is 0 Å². The molecule has 0 bridgehead atoms. The van der Waals surface area contributed by atoms with Crippen LogP contribution in [0.4, 0.5) is 22.7 Å². The Labute approximate surface area is 169 Å². The summed E-state index contributed by atoms with van der Waals surface area (Å²) >= 11 is 0. The maximum absolute atomic E-state index is 12.5. The largest absolute Gasteiger partial charge is 0.486 e. The summed E-state index contributed by atoms with van der Waals surface area (Å²) in [4.78, 5) is 18.8. The van der Waals surface area contributed by atoms with Crippen molar-refractivity contribution in [3.05, 3.63) is 66.5 Å². The van der Waals surface area contributed by atoms with Gasteiger partial charge >= 0.3 is 0 Å². The van der Waals surface area contributed by atoms with Crippen molar-refractivity contribution in [1.29, 1.82) is 0 Å². The smallest absolute Gasteiger partial charge is 0.274 e. The van der Waals surface area contributed by atoms with Gasteiger partial charge in [-0.15, -0.1) is 0 Å². The summed E-state index contributed by atoms with van der Waals surface area (Å²) in [7, 11) is 4.00. The molecule has 148 valence electrons. The highest BCUT2D eigenvalue weighted by Crippen LogP contribution is 2.32. The van der Waals surface area contributed by atoms with Crippen molar-refractivity contribution in [2.24, 2.45) is 0 Å². The molecule has 7 heteroatoms. The summed E-state index contributed by atoms with van der Waals surface area (Å²) in [5.74, 6) is 1.02. The van der Waals surface area contributed by atoms with E-state index >= 15 is 0 Å². The van der Waals surface area contributed by atoms with Crippen LogP contribution in [0.1, 0.15) is 10.5 Å². The minimum absolute atomic E-state index is 0.288. The van der Waals surface area contributed by atoms with Crippen LogP contribution in [0.25, 0.3) is 0 Å². The Morgan fingerprint density at radius 2 is 1.59 bits per heavy atom. The molecule has 29 heavy (non-hydrogen) atoms. The standard InChI is InChI=1S/C22H22N4O3/c1-26(2)18-7-3-15(4-8-18)24-17-5-9-19(23-14-17)22(27)25-16-6-10-20-21(13-16)29-12-11-28-20/h3-10,13-14,24H,11-12H2,1-2H3,(H,25,27). The quantitative estimate of drug-likeness (QED) is 0.688. The second-order valence-electron chi connectivity index (χ2n) is 6.81. The van der Waals surface area contributed by atoms with Crippen molar-refractivity contribution in [3.63, 3.8) is 0 Å². The second-order valence-corrected chi connectivity index (χ2v) is 6.81. The van der Waals surface area contributed by atoms with Gasteiger partial charge in [0.15, 0.2) is 11.5 Å². The van der Waals surface area contributed by atoms with Gasteiger partial charge in [-0.05, 0) is 48.5 Å². The van der Waals surface area contributed by atoms with Gasteiger partial charge in [-0.25, -0.2) is 4.98 Å². The van der Waals surface area contributed by atoms with Crippen LogP contribution in [0.2, 0.25) is 0 Å². The molecule has 0 fully saturated rings. The number of anilines is 4. The molecule has 0 saturated carbocycles. The first-order valence-corrected chi connectivity index (χ1v) is 9.30. The monoisotopic (exact) mass is 390 g/mol. The number of benzene rings is 2. The molecule has 2 N–H and O–H groups in total. The van der Waals surface area contributed by atoms with E-state index in [-0.39, 0.29) is 5.91 Å². The average molecular weight is 390 g/mol. The molecule has 1 aromatic heterocycles. The number of hydrogen-bond donors (Lipinski definition) is 2. The summed E-state index contributed by atoms with van der Waals surface area (Å²) in [6, 6.07) is 16.9. The van der Waals surface area contributed by atoms with Gasteiger partial charge in [-0.3, -0.25) is 4.79 Å². The molecule has 2 heterocycles. The van der Waals surface area contributed by atoms with E-state index in [1.54, 1.807) is 30.5 Å². The van der Waals surface area contributed by atoms with E-state index in [1.165, 1.54) is 0 Å². The van der Waals surface area contributed by atoms with Crippen molar-refractivity contribution >= 4 is 28.7 Å². The maximum Gasteiger partial charge on any atom is 0.274 e. The first-order chi connectivity index (χ1) is 14.1. The number of amides is 1. The summed E-state index contributed by atoms with van der Waals surface area (Å²) in [5, 5.41) is 6.11. The first-order valence-electron chi connectivity index (χ1n) is 9.30. The number of nitrogens with one attached hydrogen (secondary N) is 2. The number of ether oxygens (including phenoxy) is 2. The van der Waals surface area contributed by atoms with Gasteiger partial charge in [0.1, 0.15) is 18.9 Å². The van der Waals surface area contributed by atoms with Crippen LogP contribution in [-0.2, 0) is 0 Å². The number of pyridine rings is 1. The van der Waals surface area contributed by atoms with Gasteiger partial charge in [0.05, 0.1) is 11.9 Å². The Hall–Kier alpha value is -3.74. The molecule has 0 unspecified atom stereocenters. The predicted octanol–water partition coefficient (Wildman–Crippen LogP) is 3.91. The van der Waals surface area contributed by atoms with E-state index in [0.717, 1.165) is 17.1 Å². The van der Waals surface area contributed by atoms with Crippen LogP contribution < -0.4 is 25.0 Å². The van der Waals surface area contributed by atoms with E-state index in [9.17, 15) is 4.79 Å². The fourth-order valence-corrected chi connectivity index (χ4v) is 2.93. The van der Waals surface area contributed by atoms with Gasteiger partial charge in [-0.2, -0.15) is 0 Å². The van der Waals surface area contributed by atoms with Gasteiger partial charge in [0.25, 0.3) is 5.91 Å². The third-order valence-corrected chi connectivity index (χ3v) is 4.47. The van der Waals surface area contributed by atoms with E-state index in [1.807, 2.05) is 49.3 Å². The SMILES string of the molecule is CN(C)c1ccc(Nc2ccc(C(=O)Nc3ccc4c(c3)OCCO4)nc2)cc1. The van der Waals surface area contributed by atoms with Crippen molar-refractivity contribution in [2.75, 3.05) is 42.8 Å². The fraction of sp³-hybridized carbons (Fsp3) is 0.182. The van der Waals surface area contributed by atoms with Crippen LogP contribution in [0.3, 0.4) is 0 Å².